The molecule has 1 heterocycles. The minimum atomic E-state index is -0.646. The second-order valence-electron chi connectivity index (χ2n) is 5.32. The Hall–Kier alpha value is -1.72. The summed E-state index contributed by atoms with van der Waals surface area (Å²) in [5, 5.41) is 3.72. The van der Waals surface area contributed by atoms with E-state index >= 15 is 0 Å². The fourth-order valence-corrected chi connectivity index (χ4v) is 3.01. The summed E-state index contributed by atoms with van der Waals surface area (Å²) in [7, 11) is 0. The number of carbonyl (C=O) groups excluding carboxylic acids is 2. The molecule has 25 heavy (non-hydrogen) atoms. The van der Waals surface area contributed by atoms with Crippen LogP contribution in [0.25, 0.3) is 0 Å². The molecule has 0 fully saturated rings. The fourth-order valence-electron chi connectivity index (χ4n) is 2.33. The summed E-state index contributed by atoms with van der Waals surface area (Å²) in [5.41, 5.74) is 1.68. The largest absolute Gasteiger partial charge is 0.349 e. The van der Waals surface area contributed by atoms with Crippen molar-refractivity contribution >= 4 is 69.6 Å². The number of carbonyl (C=O) groups is 2. The quantitative estimate of drug-likeness (QED) is 0.683. The summed E-state index contributed by atoms with van der Waals surface area (Å²) in [4.78, 5) is 26.1. The number of anilines is 2. The van der Waals surface area contributed by atoms with Crippen LogP contribution in [0, 0.1) is 6.92 Å². The minimum Gasteiger partial charge on any atom is -0.349 e. The molecule has 8 heteroatoms. The highest BCUT2D eigenvalue weighted by molar-refractivity contribution is 6.53. The van der Waals surface area contributed by atoms with Gasteiger partial charge >= 0.3 is 0 Å². The van der Waals surface area contributed by atoms with Crippen molar-refractivity contribution in [2.75, 3.05) is 10.2 Å². The molecule has 0 saturated carbocycles. The highest BCUT2D eigenvalue weighted by Crippen LogP contribution is 2.34. The van der Waals surface area contributed by atoms with Gasteiger partial charge in [0.15, 0.2) is 0 Å². The van der Waals surface area contributed by atoms with Crippen molar-refractivity contribution in [1.29, 1.82) is 0 Å². The third kappa shape index (κ3) is 3.35. The Kier molecular flexibility index (Phi) is 4.98. The highest BCUT2D eigenvalue weighted by atomic mass is 35.5. The summed E-state index contributed by atoms with van der Waals surface area (Å²) in [5.74, 6) is -1.24. The monoisotopic (exact) mass is 414 g/mol. The van der Waals surface area contributed by atoms with E-state index in [9.17, 15) is 9.59 Å². The Morgan fingerprint density at radius 1 is 0.880 bits per heavy atom. The SMILES string of the molecule is Cc1ccc(Cl)cc1NC1=C(Cl)C(=O)N(c2ccc(Cl)c(Cl)c2)C1=O. The van der Waals surface area contributed by atoms with Crippen molar-refractivity contribution in [3.8, 4) is 0 Å². The van der Waals surface area contributed by atoms with Crippen LogP contribution in [-0.2, 0) is 9.59 Å². The fraction of sp³-hybridized carbons (Fsp3) is 0.0588. The van der Waals surface area contributed by atoms with Gasteiger partial charge in [0.2, 0.25) is 0 Å². The van der Waals surface area contributed by atoms with Gasteiger partial charge in [-0.1, -0.05) is 52.5 Å². The number of hydrogen-bond donors (Lipinski definition) is 1. The normalized spacial score (nSPS) is 14.5. The van der Waals surface area contributed by atoms with Crippen LogP contribution < -0.4 is 10.2 Å². The summed E-state index contributed by atoms with van der Waals surface area (Å²) in [6.45, 7) is 1.84. The zero-order valence-electron chi connectivity index (χ0n) is 12.7. The number of nitrogens with one attached hydrogen (secondary N) is 1. The summed E-state index contributed by atoms with van der Waals surface area (Å²) >= 11 is 23.9. The molecule has 0 unspecified atom stereocenters. The van der Waals surface area contributed by atoms with Gasteiger partial charge < -0.3 is 5.32 Å². The predicted molar refractivity (Wildman–Crippen MR) is 102 cm³/mol. The molecule has 128 valence electrons. The minimum absolute atomic E-state index is 0.0249. The topological polar surface area (TPSA) is 49.4 Å². The van der Waals surface area contributed by atoms with Gasteiger partial charge in [0.05, 0.1) is 15.7 Å². The number of nitrogens with zero attached hydrogens (tertiary/aromatic N) is 1. The molecule has 1 N–H and O–H groups in total. The lowest BCUT2D eigenvalue weighted by Gasteiger charge is -2.16. The smallest absolute Gasteiger partial charge is 0.283 e. The van der Waals surface area contributed by atoms with Gasteiger partial charge in [0, 0.05) is 10.7 Å². The van der Waals surface area contributed by atoms with Crippen molar-refractivity contribution in [2.24, 2.45) is 0 Å². The first-order valence-electron chi connectivity index (χ1n) is 7.06. The van der Waals surface area contributed by atoms with E-state index in [1.165, 1.54) is 18.2 Å². The molecular formula is C17H10Cl4N2O2. The first-order valence-corrected chi connectivity index (χ1v) is 8.57. The standard InChI is InChI=1S/C17H10Cl4N2O2/c1-8-2-3-9(18)6-13(8)22-15-14(21)16(24)23(17(15)25)10-4-5-11(19)12(20)7-10/h2-7,22H,1H3. The molecule has 4 nitrogen and oxygen atoms in total. The van der Waals surface area contributed by atoms with Gasteiger partial charge in [-0.3, -0.25) is 9.59 Å². The first-order chi connectivity index (χ1) is 11.8. The van der Waals surface area contributed by atoms with Crippen molar-refractivity contribution in [3.63, 3.8) is 0 Å². The molecule has 0 radical (unpaired) electrons. The summed E-state index contributed by atoms with van der Waals surface area (Å²) in [6, 6.07) is 9.60. The van der Waals surface area contributed by atoms with E-state index in [2.05, 4.69) is 5.32 Å². The molecule has 3 rings (SSSR count). The Morgan fingerprint density at radius 3 is 2.28 bits per heavy atom. The molecule has 0 atom stereocenters. The number of hydrogen-bond acceptors (Lipinski definition) is 3. The third-order valence-corrected chi connectivity index (χ3v) is 4.97. The van der Waals surface area contributed by atoms with E-state index in [0.717, 1.165) is 10.5 Å². The van der Waals surface area contributed by atoms with E-state index in [-0.39, 0.29) is 21.4 Å². The van der Waals surface area contributed by atoms with Crippen molar-refractivity contribution in [3.05, 3.63) is 67.8 Å². The molecule has 1 aliphatic rings. The number of rotatable bonds is 3. The van der Waals surface area contributed by atoms with Crippen molar-refractivity contribution in [2.45, 2.75) is 6.92 Å². The van der Waals surface area contributed by atoms with Crippen LogP contribution in [0.3, 0.4) is 0 Å². The molecule has 0 bridgehead atoms. The zero-order valence-corrected chi connectivity index (χ0v) is 15.8. The predicted octanol–water partition coefficient (Wildman–Crippen LogP) is 5.39. The van der Waals surface area contributed by atoms with Crippen LogP contribution in [0.1, 0.15) is 5.56 Å². The van der Waals surface area contributed by atoms with Crippen molar-refractivity contribution in [1.82, 2.24) is 0 Å². The summed E-state index contributed by atoms with van der Waals surface area (Å²) < 4.78 is 0. The van der Waals surface area contributed by atoms with Gasteiger partial charge in [0.1, 0.15) is 10.7 Å². The lowest BCUT2D eigenvalue weighted by atomic mass is 10.2. The van der Waals surface area contributed by atoms with Crippen LogP contribution in [0.2, 0.25) is 15.1 Å². The van der Waals surface area contributed by atoms with E-state index in [4.69, 9.17) is 46.4 Å². The second kappa shape index (κ2) is 6.89. The van der Waals surface area contributed by atoms with E-state index in [0.29, 0.717) is 15.7 Å². The van der Waals surface area contributed by atoms with E-state index in [1.54, 1.807) is 18.2 Å². The number of halogens is 4. The Balaban J connectivity index is 1.96. The van der Waals surface area contributed by atoms with Crippen LogP contribution in [0.5, 0.6) is 0 Å². The van der Waals surface area contributed by atoms with Gasteiger partial charge in [-0.2, -0.15) is 0 Å². The lowest BCUT2D eigenvalue weighted by molar-refractivity contribution is -0.120. The zero-order chi connectivity index (χ0) is 18.3. The van der Waals surface area contributed by atoms with E-state index < -0.39 is 11.8 Å². The molecule has 0 saturated heterocycles. The molecule has 2 aromatic rings. The molecule has 0 aromatic heterocycles. The van der Waals surface area contributed by atoms with Gasteiger partial charge in [-0.05, 0) is 42.8 Å². The molecule has 1 aliphatic heterocycles. The second-order valence-corrected chi connectivity index (χ2v) is 6.95. The number of benzene rings is 2. The molecule has 2 amide bonds. The lowest BCUT2D eigenvalue weighted by Crippen LogP contribution is -2.32. The number of imide groups is 1. The molecular weight excluding hydrogens is 406 g/mol. The maximum atomic E-state index is 12.7. The van der Waals surface area contributed by atoms with Crippen LogP contribution >= 0.6 is 46.4 Å². The number of amides is 2. The van der Waals surface area contributed by atoms with Crippen LogP contribution in [-0.4, -0.2) is 11.8 Å². The maximum absolute atomic E-state index is 12.7. The van der Waals surface area contributed by atoms with Gasteiger partial charge in [-0.25, -0.2) is 4.90 Å². The van der Waals surface area contributed by atoms with E-state index in [1.807, 2.05) is 6.92 Å². The third-order valence-electron chi connectivity index (χ3n) is 3.65. The molecule has 0 aliphatic carbocycles. The van der Waals surface area contributed by atoms with Gasteiger partial charge in [0.25, 0.3) is 11.8 Å². The Bertz CT molecular complexity index is 940. The average molecular weight is 416 g/mol. The summed E-state index contributed by atoms with van der Waals surface area (Å²) in [6.07, 6.45) is 0. The van der Waals surface area contributed by atoms with Crippen LogP contribution in [0.4, 0.5) is 11.4 Å². The molecule has 2 aromatic carbocycles. The number of aryl methyl sites for hydroxylation is 1. The Labute approximate surface area is 163 Å². The highest BCUT2D eigenvalue weighted by Gasteiger charge is 2.39. The molecule has 0 spiro atoms. The van der Waals surface area contributed by atoms with Gasteiger partial charge in [-0.15, -0.1) is 0 Å². The first kappa shape index (κ1) is 18.1. The van der Waals surface area contributed by atoms with Crippen molar-refractivity contribution < 1.29 is 9.59 Å². The average Bonchev–Trinajstić information content (AvgIpc) is 2.77. The maximum Gasteiger partial charge on any atom is 0.283 e. The Morgan fingerprint density at radius 2 is 1.60 bits per heavy atom. The van der Waals surface area contributed by atoms with Crippen LogP contribution in [0.15, 0.2) is 47.1 Å².